The third-order valence-corrected chi connectivity index (χ3v) is 4.04. The smallest absolute Gasteiger partial charge is 0.280 e. The van der Waals surface area contributed by atoms with Crippen molar-refractivity contribution in [3.8, 4) is 5.75 Å². The van der Waals surface area contributed by atoms with Gasteiger partial charge in [-0.05, 0) is 42.0 Å². The molecule has 122 valence electrons. The molecule has 0 bridgehead atoms. The Hall–Kier alpha value is -2.50. The minimum Gasteiger partial charge on any atom is -0.489 e. The van der Waals surface area contributed by atoms with E-state index in [9.17, 15) is 4.79 Å². The molecule has 3 rings (SSSR count). The summed E-state index contributed by atoms with van der Waals surface area (Å²) < 4.78 is 5.61. The lowest BCUT2D eigenvalue weighted by Crippen LogP contribution is -2.24. The molecule has 0 fully saturated rings. The number of carbonyl (C=O) groups is 1. The summed E-state index contributed by atoms with van der Waals surface area (Å²) in [6, 6.07) is 10.3. The van der Waals surface area contributed by atoms with E-state index in [1.165, 1.54) is 0 Å². The molecule has 1 heterocycles. The summed E-state index contributed by atoms with van der Waals surface area (Å²) in [7, 11) is 0. The second-order valence-electron chi connectivity index (χ2n) is 5.11. The summed E-state index contributed by atoms with van der Waals surface area (Å²) in [4.78, 5) is 15.6. The van der Waals surface area contributed by atoms with E-state index in [1.54, 1.807) is 30.3 Å². The van der Waals surface area contributed by atoms with Gasteiger partial charge in [-0.25, -0.2) is 0 Å². The Morgan fingerprint density at radius 1 is 1.08 bits per heavy atom. The first-order valence-electron chi connectivity index (χ1n) is 7.02. The van der Waals surface area contributed by atoms with Crippen LogP contribution in [0.5, 0.6) is 5.75 Å². The Morgan fingerprint density at radius 2 is 1.88 bits per heavy atom. The van der Waals surface area contributed by atoms with Gasteiger partial charge in [-0.1, -0.05) is 29.3 Å². The van der Waals surface area contributed by atoms with Crippen LogP contribution in [0.4, 0.5) is 0 Å². The molecule has 0 spiro atoms. The van der Waals surface area contributed by atoms with Gasteiger partial charge in [-0.15, -0.1) is 0 Å². The molecule has 0 saturated carbocycles. The number of hydrogen-bond donors (Lipinski definition) is 2. The fourth-order valence-corrected chi connectivity index (χ4v) is 2.98. The Kier molecular flexibility index (Phi) is 4.46. The van der Waals surface area contributed by atoms with Crippen LogP contribution >= 0.6 is 23.2 Å². The fraction of sp³-hybridized carbons (Fsp3) is 0.0588. The molecule has 4 N–H and O–H groups in total. The molecule has 2 aromatic carbocycles. The van der Waals surface area contributed by atoms with Crippen molar-refractivity contribution in [1.29, 1.82) is 0 Å². The zero-order valence-electron chi connectivity index (χ0n) is 12.4. The van der Waals surface area contributed by atoms with Crippen LogP contribution in [0.15, 0.2) is 47.5 Å². The van der Waals surface area contributed by atoms with E-state index in [4.69, 9.17) is 39.4 Å². The molecule has 0 aromatic heterocycles. The Morgan fingerprint density at radius 3 is 2.58 bits per heavy atom. The molecule has 0 aliphatic carbocycles. The molecule has 5 nitrogen and oxygen atoms in total. The molecule has 0 saturated heterocycles. The Bertz CT molecular complexity index is 887. The number of halogens is 2. The maximum absolute atomic E-state index is 12.0. The van der Waals surface area contributed by atoms with Gasteiger partial charge in [-0.2, -0.15) is 4.99 Å². The number of aliphatic imine (C=N–C) groups is 1. The van der Waals surface area contributed by atoms with E-state index in [1.807, 2.05) is 12.1 Å². The van der Waals surface area contributed by atoms with E-state index in [2.05, 4.69) is 4.99 Å². The van der Waals surface area contributed by atoms with Crippen LogP contribution < -0.4 is 16.2 Å². The van der Waals surface area contributed by atoms with Crippen molar-refractivity contribution in [2.75, 3.05) is 6.61 Å². The van der Waals surface area contributed by atoms with Crippen molar-refractivity contribution >= 4 is 40.6 Å². The number of guanidine groups is 1. The van der Waals surface area contributed by atoms with Gasteiger partial charge in [0.2, 0.25) is 0 Å². The molecule has 1 aliphatic heterocycles. The van der Waals surface area contributed by atoms with Gasteiger partial charge in [-0.3, -0.25) is 4.79 Å². The quantitative estimate of drug-likeness (QED) is 0.634. The molecule has 1 amide bonds. The van der Waals surface area contributed by atoms with Crippen LogP contribution in [-0.4, -0.2) is 18.5 Å². The van der Waals surface area contributed by atoms with Gasteiger partial charge in [0, 0.05) is 26.7 Å². The third-order valence-electron chi connectivity index (χ3n) is 3.49. The predicted octanol–water partition coefficient (Wildman–Crippen LogP) is 3.23. The number of fused-ring (bicyclic) bond motifs is 1. The van der Waals surface area contributed by atoms with Gasteiger partial charge < -0.3 is 16.2 Å². The average molecular weight is 362 g/mol. The maximum Gasteiger partial charge on any atom is 0.280 e. The van der Waals surface area contributed by atoms with Gasteiger partial charge >= 0.3 is 0 Å². The standard InChI is InChI=1S/C17H13Cl2N3O2/c18-10-2-3-12(14(19)8-10)11-5-6-24-15-4-1-9(7-13(11)15)16(23)22-17(20)21/h1-5,7-8H,6H2,(H4,20,21,22,23). The van der Waals surface area contributed by atoms with E-state index in [0.717, 1.165) is 16.7 Å². The number of nitrogens with two attached hydrogens (primary N) is 2. The second kappa shape index (κ2) is 6.55. The maximum atomic E-state index is 12.0. The Labute approximate surface area is 148 Å². The molecular formula is C17H13Cl2N3O2. The van der Waals surface area contributed by atoms with Crippen molar-refractivity contribution in [1.82, 2.24) is 0 Å². The summed E-state index contributed by atoms with van der Waals surface area (Å²) in [5, 5.41) is 1.07. The highest BCUT2D eigenvalue weighted by atomic mass is 35.5. The predicted molar refractivity (Wildman–Crippen MR) is 95.6 cm³/mol. The van der Waals surface area contributed by atoms with Crippen LogP contribution in [-0.2, 0) is 0 Å². The summed E-state index contributed by atoms with van der Waals surface area (Å²) in [6.07, 6.45) is 1.90. The number of ether oxygens (including phenoxy) is 1. The number of amides is 1. The first kappa shape index (κ1) is 16.4. The first-order valence-corrected chi connectivity index (χ1v) is 7.78. The lowest BCUT2D eigenvalue weighted by Gasteiger charge is -2.20. The lowest BCUT2D eigenvalue weighted by molar-refractivity contribution is 0.100. The topological polar surface area (TPSA) is 90.7 Å². The number of benzene rings is 2. The zero-order chi connectivity index (χ0) is 17.3. The summed E-state index contributed by atoms with van der Waals surface area (Å²) in [5.41, 5.74) is 13.3. The summed E-state index contributed by atoms with van der Waals surface area (Å²) >= 11 is 12.3. The van der Waals surface area contributed by atoms with Gasteiger partial charge in [0.25, 0.3) is 5.91 Å². The van der Waals surface area contributed by atoms with E-state index in [0.29, 0.717) is 28.0 Å². The first-order chi connectivity index (χ1) is 11.5. The fourth-order valence-electron chi connectivity index (χ4n) is 2.47. The zero-order valence-corrected chi connectivity index (χ0v) is 13.9. The molecule has 1 aliphatic rings. The highest BCUT2D eigenvalue weighted by Gasteiger charge is 2.19. The molecule has 0 atom stereocenters. The van der Waals surface area contributed by atoms with Crippen LogP contribution in [0.2, 0.25) is 10.0 Å². The van der Waals surface area contributed by atoms with Crippen LogP contribution in [0.25, 0.3) is 5.57 Å². The highest BCUT2D eigenvalue weighted by molar-refractivity contribution is 6.36. The number of hydrogen-bond acceptors (Lipinski definition) is 2. The number of rotatable bonds is 2. The SMILES string of the molecule is NC(N)=NC(=O)c1ccc2c(c1)C(c1ccc(Cl)cc1Cl)=CCO2. The monoisotopic (exact) mass is 361 g/mol. The van der Waals surface area contributed by atoms with Crippen molar-refractivity contribution in [3.63, 3.8) is 0 Å². The van der Waals surface area contributed by atoms with Gasteiger partial charge in [0.15, 0.2) is 5.96 Å². The Balaban J connectivity index is 2.09. The highest BCUT2D eigenvalue weighted by Crippen LogP contribution is 2.38. The minimum atomic E-state index is -0.523. The number of carbonyl (C=O) groups excluding carboxylic acids is 1. The van der Waals surface area contributed by atoms with E-state index in [-0.39, 0.29) is 5.96 Å². The summed E-state index contributed by atoms with van der Waals surface area (Å²) in [6.45, 7) is 0.405. The molecule has 2 aromatic rings. The van der Waals surface area contributed by atoms with Crippen LogP contribution in [0.1, 0.15) is 21.5 Å². The van der Waals surface area contributed by atoms with Crippen molar-refractivity contribution in [2.45, 2.75) is 0 Å². The van der Waals surface area contributed by atoms with Crippen molar-refractivity contribution < 1.29 is 9.53 Å². The number of nitrogens with zero attached hydrogens (tertiary/aromatic N) is 1. The molecule has 24 heavy (non-hydrogen) atoms. The van der Waals surface area contributed by atoms with Crippen LogP contribution in [0.3, 0.4) is 0 Å². The second-order valence-corrected chi connectivity index (χ2v) is 5.95. The molecular weight excluding hydrogens is 349 g/mol. The van der Waals surface area contributed by atoms with E-state index >= 15 is 0 Å². The molecule has 7 heteroatoms. The van der Waals surface area contributed by atoms with Gasteiger partial charge in [0.1, 0.15) is 12.4 Å². The lowest BCUT2D eigenvalue weighted by atomic mass is 9.94. The molecule has 0 unspecified atom stereocenters. The average Bonchev–Trinajstić information content (AvgIpc) is 2.53. The molecule has 0 radical (unpaired) electrons. The third kappa shape index (κ3) is 3.22. The normalized spacial score (nSPS) is 12.7. The van der Waals surface area contributed by atoms with Crippen molar-refractivity contribution in [3.05, 3.63) is 69.2 Å². The van der Waals surface area contributed by atoms with E-state index < -0.39 is 5.91 Å². The largest absolute Gasteiger partial charge is 0.489 e. The van der Waals surface area contributed by atoms with Gasteiger partial charge in [0.05, 0.1) is 0 Å². The van der Waals surface area contributed by atoms with Crippen molar-refractivity contribution in [2.24, 2.45) is 16.5 Å². The van der Waals surface area contributed by atoms with Crippen LogP contribution in [0, 0.1) is 0 Å². The minimum absolute atomic E-state index is 0.287. The summed E-state index contributed by atoms with van der Waals surface area (Å²) in [5.74, 6) is -0.157.